The van der Waals surface area contributed by atoms with Crippen molar-refractivity contribution in [2.45, 2.75) is 44.4 Å². The Morgan fingerprint density at radius 1 is 1.35 bits per heavy atom. The van der Waals surface area contributed by atoms with Crippen LogP contribution in [0.1, 0.15) is 37.7 Å². The lowest BCUT2D eigenvalue weighted by molar-refractivity contribution is 0.126. The Balaban J connectivity index is 1.98. The molecule has 3 heteroatoms. The first-order valence-electron chi connectivity index (χ1n) is 6.22. The fourth-order valence-corrected chi connectivity index (χ4v) is 2.57. The lowest BCUT2D eigenvalue weighted by Crippen LogP contribution is -2.11. The zero-order valence-corrected chi connectivity index (χ0v) is 10.7. The smallest absolute Gasteiger partial charge is 0.113 e. The number of benzene rings is 1. The summed E-state index contributed by atoms with van der Waals surface area (Å²) in [6, 6.07) is 7.26. The molecule has 0 aliphatic heterocycles. The molecule has 1 aromatic rings. The first-order valence-corrected chi connectivity index (χ1v) is 6.60. The average Bonchev–Trinajstić information content (AvgIpc) is 2.99. The third-order valence-corrected chi connectivity index (χ3v) is 3.79. The van der Waals surface area contributed by atoms with Gasteiger partial charge in [-0.05, 0) is 24.1 Å². The summed E-state index contributed by atoms with van der Waals surface area (Å²) >= 11 is 5.80. The first-order chi connectivity index (χ1) is 8.15. The lowest BCUT2D eigenvalue weighted by atomic mass is 10.0. The molecule has 1 aromatic carbocycles. The molecule has 1 nitrogen and oxygen atoms in total. The maximum atomic E-state index is 13.7. The van der Waals surface area contributed by atoms with Gasteiger partial charge >= 0.3 is 0 Å². The Kier molecular flexibility index (Phi) is 4.05. The summed E-state index contributed by atoms with van der Waals surface area (Å²) in [7, 11) is 0. The molecule has 1 saturated carbocycles. The van der Waals surface area contributed by atoms with Crippen LogP contribution in [0, 0.1) is 5.92 Å². The van der Waals surface area contributed by atoms with Crippen LogP contribution in [0.2, 0.25) is 5.02 Å². The molecule has 1 N–H and O–H groups in total. The van der Waals surface area contributed by atoms with Crippen LogP contribution in [-0.4, -0.2) is 17.4 Å². The van der Waals surface area contributed by atoms with Gasteiger partial charge in [-0.3, -0.25) is 0 Å². The van der Waals surface area contributed by atoms with Crippen molar-refractivity contribution in [3.05, 3.63) is 34.9 Å². The summed E-state index contributed by atoms with van der Waals surface area (Å²) in [5.74, 6) is -0.359. The Morgan fingerprint density at radius 3 is 2.59 bits per heavy atom. The highest BCUT2D eigenvalue weighted by atomic mass is 35.5. The third kappa shape index (κ3) is 2.80. The van der Waals surface area contributed by atoms with Gasteiger partial charge in [0.1, 0.15) is 6.17 Å². The topological polar surface area (TPSA) is 20.2 Å². The molecule has 0 spiro atoms. The van der Waals surface area contributed by atoms with Crippen LogP contribution in [0.15, 0.2) is 24.3 Å². The van der Waals surface area contributed by atoms with Gasteiger partial charge in [-0.15, -0.1) is 0 Å². The summed E-state index contributed by atoms with van der Waals surface area (Å²) in [6.45, 7) is 2.07. The molecule has 0 amide bonds. The van der Waals surface area contributed by atoms with E-state index in [9.17, 15) is 9.50 Å². The fourth-order valence-electron chi connectivity index (χ4n) is 2.44. The average molecular weight is 257 g/mol. The predicted molar refractivity (Wildman–Crippen MR) is 68.1 cm³/mol. The minimum Gasteiger partial charge on any atom is -0.393 e. The molecule has 94 valence electrons. The van der Waals surface area contributed by atoms with Crippen LogP contribution >= 0.6 is 11.6 Å². The molecule has 4 atom stereocenters. The quantitative estimate of drug-likeness (QED) is 0.846. The van der Waals surface area contributed by atoms with Gasteiger partial charge < -0.3 is 5.11 Å². The van der Waals surface area contributed by atoms with E-state index in [-0.39, 0.29) is 11.8 Å². The molecule has 1 fully saturated rings. The highest BCUT2D eigenvalue weighted by Crippen LogP contribution is 2.53. The molecule has 1 aliphatic carbocycles. The standard InChI is InChI=1S/C14H18ClFO/c1-2-3-4-11(17)13-12(14(13)16)9-5-7-10(15)8-6-9/h5-8,11-14,17H,2-4H2,1H3/t11-,12+,13+,14+/m0/s1. The molecule has 0 bridgehead atoms. The molecule has 0 saturated heterocycles. The Hall–Kier alpha value is -0.600. The predicted octanol–water partition coefficient (Wildman–Crippen LogP) is 3.94. The van der Waals surface area contributed by atoms with Crippen LogP contribution in [0.3, 0.4) is 0 Å². The summed E-state index contributed by atoms with van der Waals surface area (Å²) in [6.07, 6.45) is 1.28. The number of unbranched alkanes of at least 4 members (excludes halogenated alkanes) is 1. The van der Waals surface area contributed by atoms with E-state index in [0.717, 1.165) is 18.4 Å². The zero-order chi connectivity index (χ0) is 12.4. The van der Waals surface area contributed by atoms with Gasteiger partial charge in [0, 0.05) is 16.9 Å². The van der Waals surface area contributed by atoms with E-state index in [4.69, 9.17) is 11.6 Å². The van der Waals surface area contributed by atoms with E-state index in [1.54, 1.807) is 12.1 Å². The number of hydrogen-bond acceptors (Lipinski definition) is 1. The highest BCUT2D eigenvalue weighted by molar-refractivity contribution is 6.30. The van der Waals surface area contributed by atoms with Crippen molar-refractivity contribution in [1.82, 2.24) is 0 Å². The molecule has 2 rings (SSSR count). The van der Waals surface area contributed by atoms with Gasteiger partial charge in [-0.25, -0.2) is 4.39 Å². The molecule has 0 heterocycles. The van der Waals surface area contributed by atoms with Gasteiger partial charge in [-0.1, -0.05) is 43.5 Å². The van der Waals surface area contributed by atoms with Crippen molar-refractivity contribution in [3.63, 3.8) is 0 Å². The third-order valence-electron chi connectivity index (χ3n) is 3.54. The first kappa shape index (κ1) is 12.8. The number of halogens is 2. The number of hydrogen-bond donors (Lipinski definition) is 1. The van der Waals surface area contributed by atoms with E-state index < -0.39 is 12.3 Å². The zero-order valence-electron chi connectivity index (χ0n) is 9.94. The van der Waals surface area contributed by atoms with Crippen LogP contribution < -0.4 is 0 Å². The van der Waals surface area contributed by atoms with Crippen molar-refractivity contribution in [1.29, 1.82) is 0 Å². The molecular weight excluding hydrogens is 239 g/mol. The van der Waals surface area contributed by atoms with Crippen molar-refractivity contribution in [3.8, 4) is 0 Å². The minimum atomic E-state index is -0.900. The summed E-state index contributed by atoms with van der Waals surface area (Å²) < 4.78 is 13.7. The van der Waals surface area contributed by atoms with E-state index in [1.807, 2.05) is 12.1 Å². The van der Waals surface area contributed by atoms with Gasteiger partial charge in [0.15, 0.2) is 0 Å². The van der Waals surface area contributed by atoms with Crippen molar-refractivity contribution >= 4 is 11.6 Å². The number of rotatable bonds is 5. The Labute approximate surface area is 107 Å². The molecule has 1 aliphatic rings. The maximum Gasteiger partial charge on any atom is 0.113 e. The Morgan fingerprint density at radius 2 is 2.00 bits per heavy atom. The van der Waals surface area contributed by atoms with E-state index in [0.29, 0.717) is 11.4 Å². The van der Waals surface area contributed by atoms with Crippen LogP contribution in [0.4, 0.5) is 4.39 Å². The fraction of sp³-hybridized carbons (Fsp3) is 0.571. The number of aliphatic hydroxyl groups is 1. The minimum absolute atomic E-state index is 0.140. The molecule has 0 aromatic heterocycles. The van der Waals surface area contributed by atoms with Crippen molar-refractivity contribution < 1.29 is 9.50 Å². The van der Waals surface area contributed by atoms with Crippen LogP contribution in [0.25, 0.3) is 0 Å². The number of aliphatic hydroxyl groups excluding tert-OH is 1. The van der Waals surface area contributed by atoms with E-state index >= 15 is 0 Å². The molecule has 17 heavy (non-hydrogen) atoms. The number of alkyl halides is 1. The largest absolute Gasteiger partial charge is 0.393 e. The van der Waals surface area contributed by atoms with Gasteiger partial charge in [0.2, 0.25) is 0 Å². The SMILES string of the molecule is CCCC[C@H](O)[C@H]1[C@H](F)[C@@H]1c1ccc(Cl)cc1. The monoisotopic (exact) mass is 256 g/mol. The van der Waals surface area contributed by atoms with Crippen molar-refractivity contribution in [2.75, 3.05) is 0 Å². The highest BCUT2D eigenvalue weighted by Gasteiger charge is 2.55. The second-order valence-corrected chi connectivity index (χ2v) is 5.25. The van der Waals surface area contributed by atoms with Gasteiger partial charge in [0.25, 0.3) is 0 Å². The Bertz CT molecular complexity index is 365. The van der Waals surface area contributed by atoms with E-state index in [1.165, 1.54) is 0 Å². The second kappa shape index (κ2) is 5.36. The normalized spacial score (nSPS) is 29.1. The van der Waals surface area contributed by atoms with Crippen LogP contribution in [0.5, 0.6) is 0 Å². The van der Waals surface area contributed by atoms with Crippen molar-refractivity contribution in [2.24, 2.45) is 5.92 Å². The lowest BCUT2D eigenvalue weighted by Gasteiger charge is -2.08. The molecule has 0 unspecified atom stereocenters. The van der Waals surface area contributed by atoms with Gasteiger partial charge in [-0.2, -0.15) is 0 Å². The summed E-state index contributed by atoms with van der Waals surface area (Å²) in [5, 5.41) is 10.6. The second-order valence-electron chi connectivity index (χ2n) is 4.81. The van der Waals surface area contributed by atoms with Gasteiger partial charge in [0.05, 0.1) is 6.10 Å². The molecule has 0 radical (unpaired) electrons. The van der Waals surface area contributed by atoms with Crippen LogP contribution in [-0.2, 0) is 0 Å². The summed E-state index contributed by atoms with van der Waals surface area (Å²) in [4.78, 5) is 0. The summed E-state index contributed by atoms with van der Waals surface area (Å²) in [5.41, 5.74) is 0.947. The van der Waals surface area contributed by atoms with E-state index in [2.05, 4.69) is 6.92 Å². The molecular formula is C14H18ClFO. The maximum absolute atomic E-state index is 13.7.